The maximum absolute atomic E-state index is 13.1. The zero-order chi connectivity index (χ0) is 28.1. The molecule has 208 valence electrons. The first-order chi connectivity index (χ1) is 19.3. The number of morpholine rings is 1. The summed E-state index contributed by atoms with van der Waals surface area (Å²) in [5.41, 5.74) is 1.30. The quantitative estimate of drug-likeness (QED) is 0.225. The normalized spacial score (nSPS) is 14.3. The third kappa shape index (κ3) is 6.09. The summed E-state index contributed by atoms with van der Waals surface area (Å²) in [5, 5.41) is 14.2. The molecule has 12 heteroatoms. The highest BCUT2D eigenvalue weighted by Gasteiger charge is 2.26. The Morgan fingerprint density at radius 3 is 2.45 bits per heavy atom. The van der Waals surface area contributed by atoms with Crippen LogP contribution in [-0.4, -0.2) is 77.8 Å². The van der Waals surface area contributed by atoms with Crippen LogP contribution in [0.25, 0.3) is 16.5 Å². The number of ether oxygens (including phenoxy) is 1. The lowest BCUT2D eigenvalue weighted by Gasteiger charge is -2.26. The van der Waals surface area contributed by atoms with E-state index in [9.17, 15) is 18.0 Å². The van der Waals surface area contributed by atoms with Gasteiger partial charge in [0.15, 0.2) is 10.9 Å². The number of Topliss-reactive ketones (excluding diaryl/α,β-unsaturated/α-hetero) is 1. The van der Waals surface area contributed by atoms with Crippen molar-refractivity contribution in [1.82, 2.24) is 24.4 Å². The largest absolute Gasteiger partial charge is 0.379 e. The Hall–Kier alpha value is -3.58. The van der Waals surface area contributed by atoms with Gasteiger partial charge >= 0.3 is 0 Å². The van der Waals surface area contributed by atoms with E-state index in [4.69, 9.17) is 4.74 Å². The highest BCUT2D eigenvalue weighted by molar-refractivity contribution is 7.99. The summed E-state index contributed by atoms with van der Waals surface area (Å²) in [6, 6.07) is 20.0. The van der Waals surface area contributed by atoms with Crippen LogP contribution in [0.15, 0.2) is 76.8 Å². The molecule has 4 aromatic rings. The van der Waals surface area contributed by atoms with Crippen molar-refractivity contribution in [3.63, 3.8) is 0 Å². The maximum Gasteiger partial charge on any atom is 0.243 e. The highest BCUT2D eigenvalue weighted by atomic mass is 32.2. The molecule has 2 heterocycles. The minimum Gasteiger partial charge on any atom is -0.379 e. The molecule has 1 fully saturated rings. The number of nitrogens with zero attached hydrogens (tertiary/aromatic N) is 4. The molecule has 0 unspecified atom stereocenters. The van der Waals surface area contributed by atoms with Crippen LogP contribution in [0.1, 0.15) is 23.1 Å². The molecule has 1 aromatic heterocycles. The number of hydrogen-bond donors (Lipinski definition) is 1. The molecule has 0 saturated carbocycles. The summed E-state index contributed by atoms with van der Waals surface area (Å²) in [6.07, 6.45) is 0.462. The summed E-state index contributed by atoms with van der Waals surface area (Å²) in [4.78, 5) is 24.6. The Morgan fingerprint density at radius 1 is 0.975 bits per heavy atom. The average Bonchev–Trinajstić information content (AvgIpc) is 3.38. The zero-order valence-electron chi connectivity index (χ0n) is 21.9. The Morgan fingerprint density at radius 2 is 1.70 bits per heavy atom. The van der Waals surface area contributed by atoms with Crippen LogP contribution in [0.3, 0.4) is 0 Å². The van der Waals surface area contributed by atoms with Crippen molar-refractivity contribution >= 4 is 44.2 Å². The Bertz CT molecular complexity index is 1630. The standard InChI is InChI=1S/C28H29N5O5S2/c1-20(34)29-14-13-27-30-31-28(33(27)25-8-4-6-21-5-2-3-7-24(21)25)39-19-26(35)22-9-11-23(12-10-22)40(36,37)32-15-17-38-18-16-32/h2-12H,13-19H2,1H3,(H,29,34). The number of amides is 1. The fraction of sp³-hybridized carbons (Fsp3) is 0.286. The van der Waals surface area contributed by atoms with E-state index in [1.54, 1.807) is 12.1 Å². The van der Waals surface area contributed by atoms with Gasteiger partial charge in [-0.2, -0.15) is 4.31 Å². The van der Waals surface area contributed by atoms with Gasteiger partial charge in [-0.15, -0.1) is 10.2 Å². The van der Waals surface area contributed by atoms with E-state index in [0.717, 1.165) is 16.5 Å². The molecule has 1 N–H and O–H groups in total. The van der Waals surface area contributed by atoms with E-state index in [1.165, 1.54) is 35.1 Å². The number of sulfonamides is 1. The predicted molar refractivity (Wildman–Crippen MR) is 152 cm³/mol. The highest BCUT2D eigenvalue weighted by Crippen LogP contribution is 2.29. The van der Waals surface area contributed by atoms with Crippen molar-refractivity contribution in [2.75, 3.05) is 38.6 Å². The molecule has 0 radical (unpaired) electrons. The fourth-order valence-corrected chi connectivity index (χ4v) is 6.78. The van der Waals surface area contributed by atoms with Crippen molar-refractivity contribution in [3.8, 4) is 5.69 Å². The van der Waals surface area contributed by atoms with Gasteiger partial charge in [0, 0.05) is 43.9 Å². The second-order valence-electron chi connectivity index (χ2n) is 9.22. The van der Waals surface area contributed by atoms with Crippen LogP contribution in [0.5, 0.6) is 0 Å². The third-order valence-electron chi connectivity index (χ3n) is 6.55. The topological polar surface area (TPSA) is 123 Å². The number of carbonyl (C=O) groups excluding carboxylic acids is 2. The van der Waals surface area contributed by atoms with E-state index < -0.39 is 10.0 Å². The number of benzene rings is 3. The Kier molecular flexibility index (Phi) is 8.60. The zero-order valence-corrected chi connectivity index (χ0v) is 23.6. The van der Waals surface area contributed by atoms with Crippen LogP contribution in [-0.2, 0) is 26.0 Å². The summed E-state index contributed by atoms with van der Waals surface area (Å²) < 4.78 is 34.4. The number of aromatic nitrogens is 3. The van der Waals surface area contributed by atoms with Crippen molar-refractivity contribution in [2.24, 2.45) is 0 Å². The SMILES string of the molecule is CC(=O)NCCc1nnc(SCC(=O)c2ccc(S(=O)(=O)N3CCOCC3)cc2)n1-c1cccc2ccccc12. The number of rotatable bonds is 10. The summed E-state index contributed by atoms with van der Waals surface area (Å²) in [5.74, 6) is 0.468. The molecule has 0 spiro atoms. The molecule has 1 saturated heterocycles. The van der Waals surface area contributed by atoms with Crippen LogP contribution >= 0.6 is 11.8 Å². The number of thioether (sulfide) groups is 1. The Balaban J connectivity index is 1.36. The van der Waals surface area contributed by atoms with E-state index in [2.05, 4.69) is 15.5 Å². The minimum absolute atomic E-state index is 0.0875. The molecule has 1 aliphatic heterocycles. The van der Waals surface area contributed by atoms with Gasteiger partial charge in [0.2, 0.25) is 15.9 Å². The molecule has 5 rings (SSSR count). The van der Waals surface area contributed by atoms with Gasteiger partial charge in [-0.25, -0.2) is 8.42 Å². The monoisotopic (exact) mass is 579 g/mol. The van der Waals surface area contributed by atoms with Crippen LogP contribution in [0.4, 0.5) is 0 Å². The van der Waals surface area contributed by atoms with Crippen molar-refractivity contribution in [1.29, 1.82) is 0 Å². The van der Waals surface area contributed by atoms with E-state index in [0.29, 0.717) is 55.8 Å². The second-order valence-corrected chi connectivity index (χ2v) is 12.1. The van der Waals surface area contributed by atoms with Crippen LogP contribution in [0.2, 0.25) is 0 Å². The summed E-state index contributed by atoms with van der Waals surface area (Å²) in [6.45, 7) is 3.22. The van der Waals surface area contributed by atoms with E-state index in [1.807, 2.05) is 47.0 Å². The maximum atomic E-state index is 13.1. The lowest BCUT2D eigenvalue weighted by Crippen LogP contribution is -2.40. The van der Waals surface area contributed by atoms with Gasteiger partial charge in [-0.3, -0.25) is 14.2 Å². The Labute approximate surface area is 236 Å². The van der Waals surface area contributed by atoms with E-state index >= 15 is 0 Å². The number of hydrogen-bond acceptors (Lipinski definition) is 8. The molecule has 0 bridgehead atoms. The van der Waals surface area contributed by atoms with Crippen LogP contribution in [0, 0.1) is 0 Å². The van der Waals surface area contributed by atoms with Gasteiger partial charge in [0.05, 0.1) is 29.5 Å². The van der Waals surface area contributed by atoms with E-state index in [-0.39, 0.29) is 22.3 Å². The third-order valence-corrected chi connectivity index (χ3v) is 9.39. The average molecular weight is 580 g/mol. The first kappa shape index (κ1) is 28.0. The first-order valence-electron chi connectivity index (χ1n) is 12.9. The van der Waals surface area contributed by atoms with Gasteiger partial charge in [0.1, 0.15) is 5.82 Å². The molecule has 10 nitrogen and oxygen atoms in total. The van der Waals surface area contributed by atoms with Crippen molar-refractivity contribution in [2.45, 2.75) is 23.4 Å². The van der Waals surface area contributed by atoms with Gasteiger partial charge in [0.25, 0.3) is 0 Å². The summed E-state index contributed by atoms with van der Waals surface area (Å²) >= 11 is 1.26. The van der Waals surface area contributed by atoms with Crippen molar-refractivity contribution < 1.29 is 22.7 Å². The number of ketones is 1. The fourth-order valence-electron chi connectivity index (χ4n) is 4.51. The molecule has 3 aromatic carbocycles. The lowest BCUT2D eigenvalue weighted by molar-refractivity contribution is -0.118. The molecular formula is C28H29N5O5S2. The number of carbonyl (C=O) groups is 2. The predicted octanol–water partition coefficient (Wildman–Crippen LogP) is 3.10. The van der Waals surface area contributed by atoms with Gasteiger partial charge in [-0.05, 0) is 23.6 Å². The molecule has 1 amide bonds. The molecular weight excluding hydrogens is 550 g/mol. The molecule has 40 heavy (non-hydrogen) atoms. The van der Waals surface area contributed by atoms with Crippen molar-refractivity contribution in [3.05, 3.63) is 78.1 Å². The molecule has 0 atom stereocenters. The summed E-state index contributed by atoms with van der Waals surface area (Å²) in [7, 11) is -3.64. The minimum atomic E-state index is -3.64. The van der Waals surface area contributed by atoms with Gasteiger partial charge in [-0.1, -0.05) is 60.3 Å². The number of fused-ring (bicyclic) bond motifs is 1. The molecule has 1 aliphatic rings. The lowest BCUT2D eigenvalue weighted by atomic mass is 10.1. The first-order valence-corrected chi connectivity index (χ1v) is 15.3. The van der Waals surface area contributed by atoms with Crippen LogP contribution < -0.4 is 5.32 Å². The number of nitrogens with one attached hydrogen (secondary N) is 1. The molecule has 0 aliphatic carbocycles. The second kappa shape index (κ2) is 12.3. The van der Waals surface area contributed by atoms with Gasteiger partial charge < -0.3 is 10.1 Å². The smallest absolute Gasteiger partial charge is 0.243 e.